The van der Waals surface area contributed by atoms with E-state index in [9.17, 15) is 4.79 Å². The molecule has 0 N–H and O–H groups in total. The Kier molecular flexibility index (Phi) is 6.43. The average Bonchev–Trinajstić information content (AvgIpc) is 3.21. The third kappa shape index (κ3) is 4.58. The molecule has 1 heterocycles. The Bertz CT molecular complexity index is 1000. The number of hydrogen-bond donors (Lipinski definition) is 0. The second-order valence-corrected chi connectivity index (χ2v) is 7.61. The van der Waals surface area contributed by atoms with Gasteiger partial charge in [-0.2, -0.15) is 0 Å². The van der Waals surface area contributed by atoms with Crippen LogP contribution in [0, 0.1) is 0 Å². The molecule has 2 aromatic carbocycles. The molecule has 0 radical (unpaired) electrons. The summed E-state index contributed by atoms with van der Waals surface area (Å²) in [5.41, 5.74) is 1.78. The lowest BCUT2D eigenvalue weighted by atomic mass is 10.2. The van der Waals surface area contributed by atoms with E-state index in [4.69, 9.17) is 9.47 Å². The van der Waals surface area contributed by atoms with E-state index in [1.807, 2.05) is 30.3 Å². The molecule has 0 bridgehead atoms. The number of carbonyl (C=O) groups is 1. The lowest BCUT2D eigenvalue weighted by Crippen LogP contribution is -2.23. The highest BCUT2D eigenvalue weighted by molar-refractivity contribution is 9.10. The average molecular weight is 460 g/mol. The van der Waals surface area contributed by atoms with Gasteiger partial charge < -0.3 is 9.47 Å². The quantitative estimate of drug-likeness (QED) is 0.501. The number of methoxy groups -OCH3 is 2. The van der Waals surface area contributed by atoms with E-state index in [1.165, 1.54) is 22.3 Å². The SMILES string of the molecule is COc1ccc(/C=C/C(=O)N(C)c2nnc(-c3ccc(Br)cc3)s2)cc1OC. The lowest BCUT2D eigenvalue weighted by Gasteiger charge is -2.10. The first-order valence-electron chi connectivity index (χ1n) is 8.29. The first kappa shape index (κ1) is 20.0. The Hall–Kier alpha value is -2.71. The number of rotatable bonds is 6. The van der Waals surface area contributed by atoms with Crippen LogP contribution in [-0.4, -0.2) is 37.4 Å². The molecule has 0 aliphatic heterocycles. The van der Waals surface area contributed by atoms with Crippen molar-refractivity contribution in [1.82, 2.24) is 10.2 Å². The van der Waals surface area contributed by atoms with E-state index in [1.54, 1.807) is 39.5 Å². The maximum absolute atomic E-state index is 12.5. The molecule has 0 aliphatic rings. The second kappa shape index (κ2) is 8.99. The minimum atomic E-state index is -0.201. The number of benzene rings is 2. The van der Waals surface area contributed by atoms with Crippen molar-refractivity contribution in [2.75, 3.05) is 26.2 Å². The molecule has 0 aliphatic carbocycles. The summed E-state index contributed by atoms with van der Waals surface area (Å²) in [5.74, 6) is 1.04. The Balaban J connectivity index is 1.72. The van der Waals surface area contributed by atoms with Crippen molar-refractivity contribution in [3.8, 4) is 22.1 Å². The molecule has 1 amide bonds. The van der Waals surface area contributed by atoms with Crippen molar-refractivity contribution < 1.29 is 14.3 Å². The predicted octanol–water partition coefficient (Wildman–Crippen LogP) is 4.66. The zero-order chi connectivity index (χ0) is 20.1. The van der Waals surface area contributed by atoms with Crippen molar-refractivity contribution >= 4 is 44.4 Å². The van der Waals surface area contributed by atoms with Crippen LogP contribution in [0.5, 0.6) is 11.5 Å². The molecule has 0 fully saturated rings. The van der Waals surface area contributed by atoms with Crippen LogP contribution in [0.15, 0.2) is 53.0 Å². The van der Waals surface area contributed by atoms with Gasteiger partial charge in [-0.3, -0.25) is 9.69 Å². The van der Waals surface area contributed by atoms with Crippen molar-refractivity contribution in [2.45, 2.75) is 0 Å². The van der Waals surface area contributed by atoms with E-state index in [0.29, 0.717) is 16.6 Å². The summed E-state index contributed by atoms with van der Waals surface area (Å²) in [6.45, 7) is 0. The molecule has 3 aromatic rings. The number of amides is 1. The van der Waals surface area contributed by atoms with Crippen LogP contribution in [0.2, 0.25) is 0 Å². The van der Waals surface area contributed by atoms with Crippen molar-refractivity contribution in [3.05, 3.63) is 58.6 Å². The summed E-state index contributed by atoms with van der Waals surface area (Å²) in [7, 11) is 4.83. The van der Waals surface area contributed by atoms with Crippen molar-refractivity contribution in [1.29, 1.82) is 0 Å². The Morgan fingerprint density at radius 2 is 1.79 bits per heavy atom. The number of anilines is 1. The fourth-order valence-corrected chi connectivity index (χ4v) is 3.47. The van der Waals surface area contributed by atoms with Crippen LogP contribution in [0.4, 0.5) is 5.13 Å². The van der Waals surface area contributed by atoms with Gasteiger partial charge in [-0.1, -0.05) is 45.5 Å². The smallest absolute Gasteiger partial charge is 0.252 e. The second-order valence-electron chi connectivity index (χ2n) is 5.74. The molecular weight excluding hydrogens is 442 g/mol. The summed E-state index contributed by atoms with van der Waals surface area (Å²) < 4.78 is 11.5. The highest BCUT2D eigenvalue weighted by atomic mass is 79.9. The van der Waals surface area contributed by atoms with Crippen LogP contribution in [0.1, 0.15) is 5.56 Å². The molecular formula is C20H18BrN3O3S. The first-order valence-corrected chi connectivity index (χ1v) is 9.90. The summed E-state index contributed by atoms with van der Waals surface area (Å²) in [4.78, 5) is 14.0. The molecule has 6 nitrogen and oxygen atoms in total. The maximum Gasteiger partial charge on any atom is 0.252 e. The molecule has 28 heavy (non-hydrogen) atoms. The zero-order valence-electron chi connectivity index (χ0n) is 15.5. The third-order valence-corrected chi connectivity index (χ3v) is 5.53. The topological polar surface area (TPSA) is 64.5 Å². The Labute approximate surface area is 175 Å². The Morgan fingerprint density at radius 3 is 2.46 bits per heavy atom. The van der Waals surface area contributed by atoms with Gasteiger partial charge in [0.15, 0.2) is 11.5 Å². The van der Waals surface area contributed by atoms with E-state index in [-0.39, 0.29) is 5.91 Å². The fraction of sp³-hybridized carbons (Fsp3) is 0.150. The van der Waals surface area contributed by atoms with E-state index in [0.717, 1.165) is 20.6 Å². The molecule has 8 heteroatoms. The largest absolute Gasteiger partial charge is 0.493 e. The van der Waals surface area contributed by atoms with Gasteiger partial charge >= 0.3 is 0 Å². The molecule has 1 aromatic heterocycles. The van der Waals surface area contributed by atoms with E-state index in [2.05, 4.69) is 26.1 Å². The van der Waals surface area contributed by atoms with Gasteiger partial charge in [0.2, 0.25) is 5.13 Å². The molecule has 0 unspecified atom stereocenters. The molecule has 144 valence electrons. The molecule has 0 atom stereocenters. The van der Waals surface area contributed by atoms with Gasteiger partial charge in [0.1, 0.15) is 5.01 Å². The van der Waals surface area contributed by atoms with E-state index < -0.39 is 0 Å². The number of nitrogens with zero attached hydrogens (tertiary/aromatic N) is 3. The molecule has 0 spiro atoms. The molecule has 0 saturated carbocycles. The number of likely N-dealkylation sites (N-methyl/N-ethyl adjacent to an activating group) is 1. The summed E-state index contributed by atoms with van der Waals surface area (Å²) in [5, 5.41) is 9.60. The normalized spacial score (nSPS) is 10.9. The lowest BCUT2D eigenvalue weighted by molar-refractivity contribution is -0.113. The predicted molar refractivity (Wildman–Crippen MR) is 115 cm³/mol. The van der Waals surface area contributed by atoms with E-state index >= 15 is 0 Å². The number of hydrogen-bond acceptors (Lipinski definition) is 6. The molecule has 0 saturated heterocycles. The van der Waals surface area contributed by atoms with Gasteiger partial charge in [-0.05, 0) is 35.9 Å². The van der Waals surface area contributed by atoms with Crippen molar-refractivity contribution in [3.63, 3.8) is 0 Å². The number of carbonyl (C=O) groups excluding carboxylic acids is 1. The minimum Gasteiger partial charge on any atom is -0.493 e. The summed E-state index contributed by atoms with van der Waals surface area (Å²) in [6, 6.07) is 13.2. The number of aromatic nitrogens is 2. The Morgan fingerprint density at radius 1 is 1.07 bits per heavy atom. The van der Waals surface area contributed by atoms with Gasteiger partial charge in [0.05, 0.1) is 14.2 Å². The van der Waals surface area contributed by atoms with Crippen molar-refractivity contribution in [2.24, 2.45) is 0 Å². The van der Waals surface area contributed by atoms with Crippen LogP contribution in [0.3, 0.4) is 0 Å². The highest BCUT2D eigenvalue weighted by Gasteiger charge is 2.14. The summed E-state index contributed by atoms with van der Waals surface area (Å²) in [6.07, 6.45) is 3.21. The monoisotopic (exact) mass is 459 g/mol. The minimum absolute atomic E-state index is 0.201. The van der Waals surface area contributed by atoms with Crippen LogP contribution in [-0.2, 0) is 4.79 Å². The number of halogens is 1. The first-order chi connectivity index (χ1) is 13.5. The summed E-state index contributed by atoms with van der Waals surface area (Å²) >= 11 is 4.77. The van der Waals surface area contributed by atoms with Gasteiger partial charge in [0, 0.05) is 23.2 Å². The van der Waals surface area contributed by atoms with Crippen LogP contribution in [0.25, 0.3) is 16.6 Å². The maximum atomic E-state index is 12.5. The fourth-order valence-electron chi connectivity index (χ4n) is 2.39. The van der Waals surface area contributed by atoms with Crippen LogP contribution < -0.4 is 14.4 Å². The van der Waals surface area contributed by atoms with Crippen LogP contribution >= 0.6 is 27.3 Å². The van der Waals surface area contributed by atoms with Gasteiger partial charge in [-0.25, -0.2) is 0 Å². The zero-order valence-corrected chi connectivity index (χ0v) is 18.0. The molecule has 3 rings (SSSR count). The highest BCUT2D eigenvalue weighted by Crippen LogP contribution is 2.30. The van der Waals surface area contributed by atoms with Gasteiger partial charge in [-0.15, -0.1) is 10.2 Å². The third-order valence-electron chi connectivity index (χ3n) is 3.95. The standard InChI is InChI=1S/C20H18BrN3O3S/c1-24(20-23-22-19(28-20)14-6-8-15(21)9-7-14)18(25)11-5-13-4-10-16(26-2)17(12-13)27-3/h4-12H,1-3H3/b11-5+. The van der Waals surface area contributed by atoms with Gasteiger partial charge in [0.25, 0.3) is 5.91 Å². The number of ether oxygens (including phenoxy) is 2.